The molecule has 2 aliphatic rings. The topological polar surface area (TPSA) is 102 Å². The molecular weight excluding hydrogens is 478 g/mol. The molecule has 2 aromatic carbocycles. The maximum atomic E-state index is 13.6. The smallest absolute Gasteiger partial charge is 0.245 e. The minimum absolute atomic E-state index is 0.0908. The van der Waals surface area contributed by atoms with Gasteiger partial charge in [0.15, 0.2) is 0 Å². The van der Waals surface area contributed by atoms with Crippen LogP contribution in [0.25, 0.3) is 0 Å². The number of nitrogens with one attached hydrogen (secondary N) is 1. The number of para-hydroxylation sites is 1. The monoisotopic (exact) mass is 517 g/mol. The van der Waals surface area contributed by atoms with Gasteiger partial charge in [-0.25, -0.2) is 0 Å². The molecule has 2 aromatic rings. The van der Waals surface area contributed by atoms with Crippen LogP contribution < -0.4 is 15.8 Å². The first kappa shape index (κ1) is 27.4. The van der Waals surface area contributed by atoms with Gasteiger partial charge in [0, 0.05) is 13.1 Å². The van der Waals surface area contributed by atoms with Gasteiger partial charge >= 0.3 is 0 Å². The highest BCUT2D eigenvalue weighted by molar-refractivity contribution is 5.91. The van der Waals surface area contributed by atoms with Crippen molar-refractivity contribution in [3.63, 3.8) is 0 Å². The minimum atomic E-state index is -0.616. The number of primary amides is 1. The molecule has 3 atom stereocenters. The normalized spacial score (nSPS) is 19.5. The Labute approximate surface area is 225 Å². The van der Waals surface area contributed by atoms with Gasteiger partial charge in [-0.2, -0.15) is 0 Å². The van der Waals surface area contributed by atoms with Crippen molar-refractivity contribution in [2.24, 2.45) is 23.5 Å². The van der Waals surface area contributed by atoms with Gasteiger partial charge in [-0.15, -0.1) is 6.58 Å². The minimum Gasteiger partial charge on any atom is -0.457 e. The van der Waals surface area contributed by atoms with Gasteiger partial charge in [-0.3, -0.25) is 14.4 Å². The third kappa shape index (κ3) is 7.24. The number of carbonyl (C=O) groups excluding carboxylic acids is 3. The third-order valence-electron chi connectivity index (χ3n) is 7.77. The molecule has 0 aromatic heterocycles. The van der Waals surface area contributed by atoms with E-state index in [2.05, 4.69) is 11.9 Å². The van der Waals surface area contributed by atoms with E-state index in [1.807, 2.05) is 59.5 Å². The average Bonchev–Trinajstić information content (AvgIpc) is 3.04. The van der Waals surface area contributed by atoms with Gasteiger partial charge in [0.05, 0.1) is 11.8 Å². The van der Waals surface area contributed by atoms with E-state index in [1.165, 1.54) is 0 Å². The second-order valence-electron chi connectivity index (χ2n) is 10.6. The SMILES string of the molecule is C=CC[C@H](C(N)=O)[C@@H](CC1CCC1)C(=O)N[C@H]1CCCCN(Cc2cccc(Oc3ccccc3)c2)C1=O. The van der Waals surface area contributed by atoms with E-state index >= 15 is 0 Å². The third-order valence-corrected chi connectivity index (χ3v) is 7.77. The molecule has 0 spiro atoms. The van der Waals surface area contributed by atoms with Gasteiger partial charge in [0.25, 0.3) is 0 Å². The number of benzene rings is 2. The standard InChI is InChI=1S/C31H39N3O4/c1-2-10-26(29(32)35)27(20-22-11-8-12-22)30(36)33-28-17-6-7-18-34(31(28)37)21-23-13-9-16-25(19-23)38-24-14-4-3-5-15-24/h2-5,9,13-16,19,22,26-28H,1,6-8,10-12,17-18,20-21H2,(H2,32,35)(H,33,36)/t26-,27+,28-/m0/s1. The lowest BCUT2D eigenvalue weighted by atomic mass is 9.74. The highest BCUT2D eigenvalue weighted by Crippen LogP contribution is 2.36. The first-order chi connectivity index (χ1) is 18.4. The fraction of sp³-hybridized carbons (Fsp3) is 0.452. The summed E-state index contributed by atoms with van der Waals surface area (Å²) in [5, 5.41) is 3.02. The molecule has 4 rings (SSSR count). The Hall–Kier alpha value is -3.61. The molecule has 1 saturated heterocycles. The summed E-state index contributed by atoms with van der Waals surface area (Å²) in [6, 6.07) is 16.7. The lowest BCUT2D eigenvalue weighted by molar-refractivity contribution is -0.139. The largest absolute Gasteiger partial charge is 0.457 e. The Balaban J connectivity index is 1.44. The summed E-state index contributed by atoms with van der Waals surface area (Å²) in [5.41, 5.74) is 6.66. The molecule has 38 heavy (non-hydrogen) atoms. The fourth-order valence-electron chi connectivity index (χ4n) is 5.43. The first-order valence-electron chi connectivity index (χ1n) is 13.8. The van der Waals surface area contributed by atoms with E-state index < -0.39 is 23.8 Å². The Morgan fingerprint density at radius 3 is 2.47 bits per heavy atom. The molecule has 3 amide bonds. The Morgan fingerprint density at radius 1 is 1.03 bits per heavy atom. The molecule has 7 nitrogen and oxygen atoms in total. The molecule has 0 bridgehead atoms. The van der Waals surface area contributed by atoms with Gasteiger partial charge < -0.3 is 20.7 Å². The van der Waals surface area contributed by atoms with Crippen molar-refractivity contribution in [1.82, 2.24) is 10.2 Å². The summed E-state index contributed by atoms with van der Waals surface area (Å²) < 4.78 is 5.96. The van der Waals surface area contributed by atoms with Gasteiger partial charge in [-0.1, -0.05) is 55.7 Å². The van der Waals surface area contributed by atoms with Crippen LogP contribution in [0, 0.1) is 17.8 Å². The lowest BCUT2D eigenvalue weighted by Crippen LogP contribution is -2.51. The number of amides is 3. The van der Waals surface area contributed by atoms with Crippen LogP contribution in [0.4, 0.5) is 0 Å². The van der Waals surface area contributed by atoms with Crippen LogP contribution in [0.3, 0.4) is 0 Å². The zero-order valence-electron chi connectivity index (χ0n) is 22.0. The van der Waals surface area contributed by atoms with Crippen LogP contribution in [0.5, 0.6) is 11.5 Å². The van der Waals surface area contributed by atoms with Gasteiger partial charge in [0.1, 0.15) is 17.5 Å². The predicted molar refractivity (Wildman–Crippen MR) is 147 cm³/mol. The summed E-state index contributed by atoms with van der Waals surface area (Å²) >= 11 is 0. The molecule has 3 N–H and O–H groups in total. The Bertz CT molecular complexity index is 1120. The van der Waals surface area contributed by atoms with Crippen LogP contribution >= 0.6 is 0 Å². The van der Waals surface area contributed by atoms with E-state index in [9.17, 15) is 14.4 Å². The quantitative estimate of drug-likeness (QED) is 0.389. The average molecular weight is 518 g/mol. The maximum absolute atomic E-state index is 13.6. The molecule has 1 aliphatic heterocycles. The number of ether oxygens (including phenoxy) is 1. The molecule has 2 fully saturated rings. The van der Waals surface area contributed by atoms with E-state index in [-0.39, 0.29) is 11.8 Å². The molecule has 1 aliphatic carbocycles. The highest BCUT2D eigenvalue weighted by atomic mass is 16.5. The van der Waals surface area contributed by atoms with Crippen LogP contribution in [0.2, 0.25) is 0 Å². The second-order valence-corrected chi connectivity index (χ2v) is 10.6. The van der Waals surface area contributed by atoms with E-state index in [0.29, 0.717) is 44.0 Å². The summed E-state index contributed by atoms with van der Waals surface area (Å²) in [5.74, 6) is -0.114. The van der Waals surface area contributed by atoms with E-state index in [0.717, 1.165) is 43.4 Å². The molecule has 202 valence electrons. The number of likely N-dealkylation sites (tertiary alicyclic amines) is 1. The fourth-order valence-corrected chi connectivity index (χ4v) is 5.43. The number of nitrogens with two attached hydrogens (primary N) is 1. The predicted octanol–water partition coefficient (Wildman–Crippen LogP) is 4.96. The van der Waals surface area contributed by atoms with Crippen molar-refractivity contribution in [2.75, 3.05) is 6.54 Å². The van der Waals surface area contributed by atoms with Crippen molar-refractivity contribution >= 4 is 17.7 Å². The number of carbonyl (C=O) groups is 3. The van der Waals surface area contributed by atoms with Crippen LogP contribution in [0.1, 0.15) is 56.9 Å². The maximum Gasteiger partial charge on any atom is 0.245 e. The van der Waals surface area contributed by atoms with Crippen molar-refractivity contribution in [1.29, 1.82) is 0 Å². The van der Waals surface area contributed by atoms with Crippen LogP contribution in [-0.2, 0) is 20.9 Å². The molecule has 7 heteroatoms. The summed E-state index contributed by atoms with van der Waals surface area (Å²) in [6.45, 7) is 4.81. The molecular formula is C31H39N3O4. The number of allylic oxidation sites excluding steroid dienone is 1. The van der Waals surface area contributed by atoms with Crippen molar-refractivity contribution in [3.8, 4) is 11.5 Å². The highest BCUT2D eigenvalue weighted by Gasteiger charge is 2.37. The van der Waals surface area contributed by atoms with Crippen molar-refractivity contribution in [3.05, 3.63) is 72.8 Å². The summed E-state index contributed by atoms with van der Waals surface area (Å²) in [7, 11) is 0. The van der Waals surface area contributed by atoms with E-state index in [1.54, 1.807) is 6.08 Å². The molecule has 1 heterocycles. The number of rotatable bonds is 12. The van der Waals surface area contributed by atoms with Crippen LogP contribution in [0.15, 0.2) is 67.3 Å². The van der Waals surface area contributed by atoms with Gasteiger partial charge in [-0.05, 0) is 67.9 Å². The zero-order chi connectivity index (χ0) is 26.9. The number of nitrogens with zero attached hydrogens (tertiary/aromatic N) is 1. The number of hydrogen-bond acceptors (Lipinski definition) is 4. The van der Waals surface area contributed by atoms with Crippen molar-refractivity contribution in [2.45, 2.75) is 64.0 Å². The van der Waals surface area contributed by atoms with Crippen molar-refractivity contribution < 1.29 is 19.1 Å². The van der Waals surface area contributed by atoms with Gasteiger partial charge in [0.2, 0.25) is 17.7 Å². The number of hydrogen-bond donors (Lipinski definition) is 2. The Kier molecular flexibility index (Phi) is 9.57. The second kappa shape index (κ2) is 13.3. The van der Waals surface area contributed by atoms with Crippen LogP contribution in [-0.4, -0.2) is 35.2 Å². The molecule has 0 radical (unpaired) electrons. The van der Waals surface area contributed by atoms with E-state index in [4.69, 9.17) is 10.5 Å². The summed E-state index contributed by atoms with van der Waals surface area (Å²) in [6.07, 6.45) is 8.17. The molecule has 1 saturated carbocycles. The Morgan fingerprint density at radius 2 is 1.79 bits per heavy atom. The summed E-state index contributed by atoms with van der Waals surface area (Å²) in [4.78, 5) is 41.1. The molecule has 0 unspecified atom stereocenters. The first-order valence-corrected chi connectivity index (χ1v) is 13.8. The lowest BCUT2D eigenvalue weighted by Gasteiger charge is -2.33. The zero-order valence-corrected chi connectivity index (χ0v) is 22.0.